The largest absolute Gasteiger partial charge is 0.467 e. The Bertz CT molecular complexity index is 405. The van der Waals surface area contributed by atoms with Crippen LogP contribution in [0, 0.1) is 0 Å². The Morgan fingerprint density at radius 1 is 1.67 bits per heavy atom. The highest BCUT2D eigenvalue weighted by molar-refractivity contribution is 5.94. The van der Waals surface area contributed by atoms with Crippen molar-refractivity contribution in [1.82, 2.24) is 10.3 Å². The molecule has 18 heavy (non-hydrogen) atoms. The summed E-state index contributed by atoms with van der Waals surface area (Å²) in [5.41, 5.74) is 2.62. The standard InChI is InChI=1S/C12H19N3O3/c1-9-7-15(4-2-5-17-9)8-11-10(3-6-18-11)12(16)14-13/h3,6,9H,2,4-5,7-8,13H2,1H3,(H,14,16). The highest BCUT2D eigenvalue weighted by atomic mass is 16.5. The van der Waals surface area contributed by atoms with E-state index in [-0.39, 0.29) is 12.0 Å². The molecule has 3 N–H and O–H groups in total. The molecule has 2 rings (SSSR count). The minimum Gasteiger partial charge on any atom is -0.467 e. The minimum atomic E-state index is -0.321. The third-order valence-electron chi connectivity index (χ3n) is 3.02. The molecule has 0 bridgehead atoms. The first-order valence-electron chi connectivity index (χ1n) is 6.12. The molecule has 0 aliphatic carbocycles. The summed E-state index contributed by atoms with van der Waals surface area (Å²) >= 11 is 0. The number of carbonyl (C=O) groups excluding carboxylic acids is 1. The maximum Gasteiger partial charge on any atom is 0.268 e. The molecule has 1 aliphatic heterocycles. The molecule has 1 saturated heterocycles. The summed E-state index contributed by atoms with van der Waals surface area (Å²) in [4.78, 5) is 13.8. The molecule has 1 atom stereocenters. The van der Waals surface area contributed by atoms with Gasteiger partial charge >= 0.3 is 0 Å². The van der Waals surface area contributed by atoms with Crippen molar-refractivity contribution < 1.29 is 13.9 Å². The monoisotopic (exact) mass is 253 g/mol. The summed E-state index contributed by atoms with van der Waals surface area (Å²) in [6.07, 6.45) is 2.70. The van der Waals surface area contributed by atoms with Crippen molar-refractivity contribution in [2.24, 2.45) is 5.84 Å². The van der Waals surface area contributed by atoms with Crippen molar-refractivity contribution in [1.29, 1.82) is 0 Å². The van der Waals surface area contributed by atoms with Gasteiger partial charge in [0, 0.05) is 19.7 Å². The fraction of sp³-hybridized carbons (Fsp3) is 0.583. The zero-order valence-electron chi connectivity index (χ0n) is 10.5. The summed E-state index contributed by atoms with van der Waals surface area (Å²) < 4.78 is 10.9. The predicted octanol–water partition coefficient (Wildman–Crippen LogP) is 0.494. The van der Waals surface area contributed by atoms with Crippen LogP contribution < -0.4 is 11.3 Å². The molecule has 100 valence electrons. The Balaban J connectivity index is 2.04. The number of rotatable bonds is 3. The Morgan fingerprint density at radius 3 is 3.28 bits per heavy atom. The molecule has 6 nitrogen and oxygen atoms in total. The molecule has 6 heteroatoms. The van der Waals surface area contributed by atoms with E-state index in [1.807, 2.05) is 6.92 Å². The van der Waals surface area contributed by atoms with Gasteiger partial charge in [-0.2, -0.15) is 0 Å². The van der Waals surface area contributed by atoms with Crippen LogP contribution in [0.15, 0.2) is 16.7 Å². The van der Waals surface area contributed by atoms with Crippen molar-refractivity contribution in [3.05, 3.63) is 23.7 Å². The topological polar surface area (TPSA) is 80.7 Å². The fourth-order valence-electron chi connectivity index (χ4n) is 2.17. The molecular formula is C12H19N3O3. The van der Waals surface area contributed by atoms with Crippen LogP contribution in [0.5, 0.6) is 0 Å². The zero-order chi connectivity index (χ0) is 13.0. The molecule has 1 amide bonds. The van der Waals surface area contributed by atoms with Gasteiger partial charge in [0.05, 0.1) is 24.5 Å². The van der Waals surface area contributed by atoms with Gasteiger partial charge in [0.15, 0.2) is 0 Å². The van der Waals surface area contributed by atoms with Gasteiger partial charge in [0.2, 0.25) is 0 Å². The lowest BCUT2D eigenvalue weighted by Gasteiger charge is -2.20. The van der Waals surface area contributed by atoms with Crippen molar-refractivity contribution in [2.45, 2.75) is 26.0 Å². The molecule has 1 aliphatic rings. The predicted molar refractivity (Wildman–Crippen MR) is 65.7 cm³/mol. The Hall–Kier alpha value is -1.37. The van der Waals surface area contributed by atoms with Crippen LogP contribution in [-0.2, 0) is 11.3 Å². The van der Waals surface area contributed by atoms with E-state index in [9.17, 15) is 4.79 Å². The molecule has 1 unspecified atom stereocenters. The number of hydrazine groups is 1. The average molecular weight is 253 g/mol. The lowest BCUT2D eigenvalue weighted by Crippen LogP contribution is -2.33. The lowest BCUT2D eigenvalue weighted by molar-refractivity contribution is 0.0658. The number of nitrogen functional groups attached to an aromatic ring is 1. The second-order valence-electron chi connectivity index (χ2n) is 4.50. The van der Waals surface area contributed by atoms with Crippen LogP contribution in [0.25, 0.3) is 0 Å². The number of ether oxygens (including phenoxy) is 1. The van der Waals surface area contributed by atoms with E-state index in [0.29, 0.717) is 17.9 Å². The number of hydrogen-bond donors (Lipinski definition) is 2. The molecule has 0 spiro atoms. The first-order chi connectivity index (χ1) is 8.70. The molecule has 1 aromatic rings. The average Bonchev–Trinajstić information content (AvgIpc) is 2.71. The van der Waals surface area contributed by atoms with Gasteiger partial charge in [0.1, 0.15) is 5.76 Å². The molecule has 0 aromatic carbocycles. The van der Waals surface area contributed by atoms with E-state index in [1.165, 1.54) is 6.26 Å². The van der Waals surface area contributed by atoms with Crippen LogP contribution in [0.2, 0.25) is 0 Å². The summed E-state index contributed by atoms with van der Waals surface area (Å²) in [5, 5.41) is 0. The maximum absolute atomic E-state index is 11.5. The summed E-state index contributed by atoms with van der Waals surface area (Å²) in [7, 11) is 0. The van der Waals surface area contributed by atoms with E-state index in [1.54, 1.807) is 6.07 Å². The van der Waals surface area contributed by atoms with E-state index in [4.69, 9.17) is 15.0 Å². The van der Waals surface area contributed by atoms with Gasteiger partial charge in [-0.05, 0) is 19.4 Å². The number of furan rings is 1. The number of hydrogen-bond acceptors (Lipinski definition) is 5. The highest BCUT2D eigenvalue weighted by Gasteiger charge is 2.20. The molecule has 2 heterocycles. The number of nitrogens with two attached hydrogens (primary N) is 1. The molecule has 0 radical (unpaired) electrons. The molecule has 1 fully saturated rings. The SMILES string of the molecule is CC1CN(Cc2occc2C(=O)NN)CCCO1. The zero-order valence-corrected chi connectivity index (χ0v) is 10.5. The quantitative estimate of drug-likeness (QED) is 0.465. The van der Waals surface area contributed by atoms with E-state index in [2.05, 4.69) is 10.3 Å². The Labute approximate surface area is 106 Å². The van der Waals surface area contributed by atoms with Crippen LogP contribution in [-0.4, -0.2) is 36.6 Å². The molecule has 1 aromatic heterocycles. The smallest absolute Gasteiger partial charge is 0.268 e. The van der Waals surface area contributed by atoms with Crippen molar-refractivity contribution in [3.8, 4) is 0 Å². The summed E-state index contributed by atoms with van der Waals surface area (Å²) in [6, 6.07) is 1.63. The Kier molecular flexibility index (Phi) is 4.35. The summed E-state index contributed by atoms with van der Waals surface area (Å²) in [6.45, 7) is 5.21. The lowest BCUT2D eigenvalue weighted by atomic mass is 10.2. The van der Waals surface area contributed by atoms with Gasteiger partial charge in [-0.15, -0.1) is 0 Å². The first kappa shape index (κ1) is 13.1. The first-order valence-corrected chi connectivity index (χ1v) is 6.12. The summed E-state index contributed by atoms with van der Waals surface area (Å²) in [5.74, 6) is 5.46. The number of nitrogens with zero attached hydrogens (tertiary/aromatic N) is 1. The van der Waals surface area contributed by atoms with Crippen LogP contribution in [0.3, 0.4) is 0 Å². The van der Waals surface area contributed by atoms with Gasteiger partial charge in [-0.1, -0.05) is 0 Å². The van der Waals surface area contributed by atoms with Crippen molar-refractivity contribution >= 4 is 5.91 Å². The molecular weight excluding hydrogens is 234 g/mol. The second kappa shape index (κ2) is 5.99. The minimum absolute atomic E-state index is 0.203. The second-order valence-corrected chi connectivity index (χ2v) is 4.50. The molecule has 0 saturated carbocycles. The van der Waals surface area contributed by atoms with Crippen LogP contribution >= 0.6 is 0 Å². The number of amides is 1. The maximum atomic E-state index is 11.5. The van der Waals surface area contributed by atoms with Crippen LogP contribution in [0.1, 0.15) is 29.5 Å². The van der Waals surface area contributed by atoms with E-state index < -0.39 is 0 Å². The fourth-order valence-corrected chi connectivity index (χ4v) is 2.17. The Morgan fingerprint density at radius 2 is 2.50 bits per heavy atom. The highest BCUT2D eigenvalue weighted by Crippen LogP contribution is 2.15. The van der Waals surface area contributed by atoms with E-state index >= 15 is 0 Å². The van der Waals surface area contributed by atoms with Crippen molar-refractivity contribution in [2.75, 3.05) is 19.7 Å². The van der Waals surface area contributed by atoms with Gasteiger partial charge in [-0.3, -0.25) is 15.1 Å². The third kappa shape index (κ3) is 3.10. The number of nitrogens with one attached hydrogen (secondary N) is 1. The van der Waals surface area contributed by atoms with Gasteiger partial charge < -0.3 is 9.15 Å². The number of carbonyl (C=O) groups is 1. The van der Waals surface area contributed by atoms with Crippen molar-refractivity contribution in [3.63, 3.8) is 0 Å². The van der Waals surface area contributed by atoms with E-state index in [0.717, 1.165) is 26.1 Å². The third-order valence-corrected chi connectivity index (χ3v) is 3.02. The van der Waals surface area contributed by atoms with Crippen LogP contribution in [0.4, 0.5) is 0 Å². The van der Waals surface area contributed by atoms with Gasteiger partial charge in [-0.25, -0.2) is 5.84 Å². The van der Waals surface area contributed by atoms with Gasteiger partial charge in [0.25, 0.3) is 5.91 Å². The normalized spacial score (nSPS) is 21.6.